The highest BCUT2D eigenvalue weighted by atomic mass is 19.1. The van der Waals surface area contributed by atoms with Gasteiger partial charge in [0.2, 0.25) is 0 Å². The first-order valence-corrected chi connectivity index (χ1v) is 6.97. The average molecular weight is 316 g/mol. The van der Waals surface area contributed by atoms with Crippen LogP contribution in [0, 0.1) is 5.82 Å². The molecule has 0 unspecified atom stereocenters. The summed E-state index contributed by atoms with van der Waals surface area (Å²) in [6, 6.07) is 13.2. The molecular formula is C18H17FO4. The van der Waals surface area contributed by atoms with Crippen LogP contribution in [0.1, 0.15) is 12.5 Å². The zero-order chi connectivity index (χ0) is 17.0. The first-order chi connectivity index (χ1) is 10.9. The van der Waals surface area contributed by atoms with Gasteiger partial charge in [-0.2, -0.15) is 0 Å². The maximum Gasteiger partial charge on any atom is 0.327 e. The summed E-state index contributed by atoms with van der Waals surface area (Å²) < 4.78 is 23.9. The fraction of sp³-hybridized carbons (Fsp3) is 0.222. The van der Waals surface area contributed by atoms with Crippen LogP contribution in [0.15, 0.2) is 48.5 Å². The van der Waals surface area contributed by atoms with E-state index in [1.54, 1.807) is 24.3 Å². The van der Waals surface area contributed by atoms with Gasteiger partial charge in [0.15, 0.2) is 5.41 Å². The van der Waals surface area contributed by atoms with Crippen LogP contribution in [0.3, 0.4) is 0 Å². The van der Waals surface area contributed by atoms with Gasteiger partial charge in [0, 0.05) is 5.56 Å². The van der Waals surface area contributed by atoms with Crippen molar-refractivity contribution in [3.8, 4) is 11.1 Å². The third-order valence-corrected chi connectivity index (χ3v) is 3.82. The summed E-state index contributed by atoms with van der Waals surface area (Å²) in [5, 5.41) is 0. The minimum absolute atomic E-state index is 0.174. The Bertz CT molecular complexity index is 709. The van der Waals surface area contributed by atoms with Gasteiger partial charge in [-0.05, 0) is 24.1 Å². The zero-order valence-electron chi connectivity index (χ0n) is 13.1. The summed E-state index contributed by atoms with van der Waals surface area (Å²) >= 11 is 0. The van der Waals surface area contributed by atoms with Crippen molar-refractivity contribution in [1.29, 1.82) is 0 Å². The van der Waals surface area contributed by atoms with Crippen molar-refractivity contribution in [3.63, 3.8) is 0 Å². The van der Waals surface area contributed by atoms with Crippen LogP contribution in [0.2, 0.25) is 0 Å². The molecule has 0 N–H and O–H groups in total. The molecule has 0 spiro atoms. The monoisotopic (exact) mass is 316 g/mol. The lowest BCUT2D eigenvalue weighted by atomic mass is 9.81. The van der Waals surface area contributed by atoms with Crippen molar-refractivity contribution >= 4 is 11.9 Å². The molecule has 0 heterocycles. The minimum atomic E-state index is -1.72. The molecule has 0 aliphatic rings. The van der Waals surface area contributed by atoms with E-state index in [4.69, 9.17) is 0 Å². The maximum atomic E-state index is 14.5. The highest BCUT2D eigenvalue weighted by Gasteiger charge is 2.45. The second-order valence-electron chi connectivity index (χ2n) is 5.17. The summed E-state index contributed by atoms with van der Waals surface area (Å²) in [4.78, 5) is 24.1. The predicted octanol–water partition coefficient (Wildman–Crippen LogP) is 3.10. The second-order valence-corrected chi connectivity index (χ2v) is 5.17. The largest absolute Gasteiger partial charge is 0.468 e. The van der Waals surface area contributed by atoms with E-state index in [-0.39, 0.29) is 5.56 Å². The molecule has 23 heavy (non-hydrogen) atoms. The number of halogens is 1. The molecule has 0 bridgehead atoms. The van der Waals surface area contributed by atoms with Gasteiger partial charge >= 0.3 is 11.9 Å². The number of hydrogen-bond donors (Lipinski definition) is 0. The minimum Gasteiger partial charge on any atom is -0.468 e. The van der Waals surface area contributed by atoms with Gasteiger partial charge in [0.05, 0.1) is 14.2 Å². The third kappa shape index (κ3) is 2.95. The molecule has 2 rings (SSSR count). The number of methoxy groups -OCH3 is 2. The highest BCUT2D eigenvalue weighted by molar-refractivity contribution is 6.05. The Morgan fingerprint density at radius 1 is 0.957 bits per heavy atom. The molecule has 0 aromatic heterocycles. The van der Waals surface area contributed by atoms with Gasteiger partial charge < -0.3 is 9.47 Å². The first kappa shape index (κ1) is 16.7. The zero-order valence-corrected chi connectivity index (χ0v) is 13.1. The summed E-state index contributed by atoms with van der Waals surface area (Å²) in [6.45, 7) is 1.35. The summed E-state index contributed by atoms with van der Waals surface area (Å²) in [5.74, 6) is -2.15. The smallest absolute Gasteiger partial charge is 0.327 e. The SMILES string of the molecule is COC(=O)C(C)(C(=O)OC)c1ccc(-c2ccccc2)c(F)c1. The van der Waals surface area contributed by atoms with Crippen LogP contribution in [0.4, 0.5) is 4.39 Å². The molecular weight excluding hydrogens is 299 g/mol. The molecule has 0 saturated carbocycles. The standard InChI is InChI=1S/C18H17FO4/c1-18(16(20)22-2,17(21)23-3)13-9-10-14(15(19)11-13)12-7-5-4-6-8-12/h4-11H,1-3H3. The Labute approximate surface area is 133 Å². The molecule has 5 heteroatoms. The van der Waals surface area contributed by atoms with Crippen LogP contribution in [0.25, 0.3) is 11.1 Å². The molecule has 0 fully saturated rings. The fourth-order valence-electron chi connectivity index (χ4n) is 2.41. The molecule has 0 saturated heterocycles. The van der Waals surface area contributed by atoms with E-state index in [0.29, 0.717) is 11.1 Å². The maximum absolute atomic E-state index is 14.5. The number of carbonyl (C=O) groups is 2. The number of esters is 2. The molecule has 0 amide bonds. The molecule has 120 valence electrons. The fourth-order valence-corrected chi connectivity index (χ4v) is 2.41. The van der Waals surface area contributed by atoms with Gasteiger partial charge in [-0.25, -0.2) is 4.39 Å². The van der Waals surface area contributed by atoms with Crippen molar-refractivity contribution < 1.29 is 23.5 Å². The molecule has 2 aromatic carbocycles. The Morgan fingerprint density at radius 3 is 2.00 bits per heavy atom. The van der Waals surface area contributed by atoms with E-state index in [9.17, 15) is 14.0 Å². The van der Waals surface area contributed by atoms with Crippen molar-refractivity contribution in [2.24, 2.45) is 0 Å². The van der Waals surface area contributed by atoms with E-state index in [1.807, 2.05) is 6.07 Å². The normalized spacial score (nSPS) is 11.0. The Hall–Kier alpha value is -2.69. The van der Waals surface area contributed by atoms with Gasteiger partial charge in [0.25, 0.3) is 0 Å². The second kappa shape index (κ2) is 6.60. The molecule has 2 aromatic rings. The van der Waals surface area contributed by atoms with E-state index in [2.05, 4.69) is 9.47 Å². The van der Waals surface area contributed by atoms with Crippen LogP contribution >= 0.6 is 0 Å². The summed E-state index contributed by atoms with van der Waals surface area (Å²) in [5.41, 5.74) is -0.464. The topological polar surface area (TPSA) is 52.6 Å². The molecule has 0 aliphatic heterocycles. The third-order valence-electron chi connectivity index (χ3n) is 3.82. The van der Waals surface area contributed by atoms with Gasteiger partial charge in [-0.3, -0.25) is 9.59 Å². The Kier molecular flexibility index (Phi) is 4.79. The highest BCUT2D eigenvalue weighted by Crippen LogP contribution is 2.31. The molecule has 4 nitrogen and oxygen atoms in total. The van der Waals surface area contributed by atoms with E-state index < -0.39 is 23.2 Å². The summed E-state index contributed by atoms with van der Waals surface area (Å²) in [6.07, 6.45) is 0. The number of hydrogen-bond acceptors (Lipinski definition) is 4. The Balaban J connectivity index is 2.53. The lowest BCUT2D eigenvalue weighted by molar-refractivity contribution is -0.160. The number of rotatable bonds is 4. The van der Waals surface area contributed by atoms with Crippen molar-refractivity contribution in [3.05, 3.63) is 59.9 Å². The van der Waals surface area contributed by atoms with E-state index >= 15 is 0 Å². The average Bonchev–Trinajstić information content (AvgIpc) is 2.60. The predicted molar refractivity (Wildman–Crippen MR) is 83.2 cm³/mol. The van der Waals surface area contributed by atoms with E-state index in [0.717, 1.165) is 20.3 Å². The van der Waals surface area contributed by atoms with Crippen molar-refractivity contribution in [1.82, 2.24) is 0 Å². The molecule has 0 aliphatic carbocycles. The van der Waals surface area contributed by atoms with Crippen molar-refractivity contribution in [2.75, 3.05) is 14.2 Å². The first-order valence-electron chi connectivity index (χ1n) is 6.97. The van der Waals surface area contributed by atoms with Crippen LogP contribution in [-0.4, -0.2) is 26.2 Å². The number of carbonyl (C=O) groups excluding carboxylic acids is 2. The van der Waals surface area contributed by atoms with Crippen LogP contribution in [0.5, 0.6) is 0 Å². The van der Waals surface area contributed by atoms with Crippen LogP contribution in [-0.2, 0) is 24.5 Å². The quantitative estimate of drug-likeness (QED) is 0.642. The van der Waals surface area contributed by atoms with Crippen LogP contribution < -0.4 is 0 Å². The van der Waals surface area contributed by atoms with Gasteiger partial charge in [-0.1, -0.05) is 42.5 Å². The molecule has 0 radical (unpaired) electrons. The van der Waals surface area contributed by atoms with Gasteiger partial charge in [-0.15, -0.1) is 0 Å². The number of benzene rings is 2. The number of ether oxygens (including phenoxy) is 2. The lowest BCUT2D eigenvalue weighted by Crippen LogP contribution is -2.42. The van der Waals surface area contributed by atoms with Gasteiger partial charge in [0.1, 0.15) is 5.82 Å². The Morgan fingerprint density at radius 2 is 1.52 bits per heavy atom. The lowest BCUT2D eigenvalue weighted by Gasteiger charge is -2.24. The van der Waals surface area contributed by atoms with E-state index in [1.165, 1.54) is 19.1 Å². The van der Waals surface area contributed by atoms with Crippen molar-refractivity contribution in [2.45, 2.75) is 12.3 Å². The molecule has 0 atom stereocenters. The summed E-state index contributed by atoms with van der Waals surface area (Å²) in [7, 11) is 2.33.